The Morgan fingerprint density at radius 1 is 1.29 bits per heavy atom. The van der Waals surface area contributed by atoms with Gasteiger partial charge in [-0.1, -0.05) is 0 Å². The normalized spacial score (nSPS) is 16.2. The molecule has 5 nitrogen and oxygen atoms in total. The predicted molar refractivity (Wildman–Crippen MR) is 85.6 cm³/mol. The minimum atomic E-state index is 0.113. The third-order valence-corrected chi connectivity index (χ3v) is 4.07. The lowest BCUT2D eigenvalue weighted by molar-refractivity contribution is 0.158. The fourth-order valence-corrected chi connectivity index (χ4v) is 2.88. The summed E-state index contributed by atoms with van der Waals surface area (Å²) < 4.78 is 0. The van der Waals surface area contributed by atoms with Crippen LogP contribution < -0.4 is 5.32 Å². The lowest BCUT2D eigenvalue weighted by Crippen LogP contribution is -2.46. The van der Waals surface area contributed by atoms with E-state index < -0.39 is 0 Å². The lowest BCUT2D eigenvalue weighted by atomic mass is 10.0. The van der Waals surface area contributed by atoms with Gasteiger partial charge in [0.2, 0.25) is 0 Å². The number of nitrogens with one attached hydrogen (secondary N) is 2. The topological polar surface area (TPSA) is 51.4 Å². The van der Waals surface area contributed by atoms with Crippen molar-refractivity contribution in [3.63, 3.8) is 0 Å². The number of urea groups is 1. The average Bonchev–Trinajstić information content (AvgIpc) is 2.95. The van der Waals surface area contributed by atoms with E-state index in [0.29, 0.717) is 6.04 Å². The second kappa shape index (κ2) is 5.68. The Hall–Kier alpha value is -2.17. The highest BCUT2D eigenvalue weighted by Gasteiger charge is 2.23. The lowest BCUT2D eigenvalue weighted by Gasteiger charge is -2.34. The first-order valence-electron chi connectivity index (χ1n) is 7.43. The largest absolute Gasteiger partial charge is 0.382 e. The molecular formula is C16H22N4O. The molecular weight excluding hydrogens is 264 g/mol. The molecule has 0 spiro atoms. The fourth-order valence-electron chi connectivity index (χ4n) is 2.88. The Balaban J connectivity index is 1.58. The van der Waals surface area contributed by atoms with Crippen molar-refractivity contribution in [2.24, 2.45) is 0 Å². The summed E-state index contributed by atoms with van der Waals surface area (Å²) >= 11 is 0. The predicted octanol–water partition coefficient (Wildman–Crippen LogP) is 2.73. The van der Waals surface area contributed by atoms with Crippen molar-refractivity contribution in [2.75, 3.05) is 32.5 Å². The van der Waals surface area contributed by atoms with E-state index in [1.807, 2.05) is 11.1 Å². The summed E-state index contributed by atoms with van der Waals surface area (Å²) in [5.74, 6) is 0. The zero-order valence-corrected chi connectivity index (χ0v) is 12.6. The molecule has 0 saturated carbocycles. The highest BCUT2D eigenvalue weighted by molar-refractivity contribution is 5.83. The molecule has 2 heterocycles. The van der Waals surface area contributed by atoms with E-state index in [1.165, 1.54) is 5.39 Å². The van der Waals surface area contributed by atoms with Crippen LogP contribution in [0.4, 0.5) is 10.5 Å². The standard InChI is InChI=1S/C16H22N4O/c1-19(2)16(21)20-9-6-13(7-10-20)18-14-3-4-15-12(11-14)5-8-17-15/h3-5,8,11,13,17-18H,6-7,9-10H2,1-2H3. The quantitative estimate of drug-likeness (QED) is 0.892. The molecule has 2 amide bonds. The molecule has 2 N–H and O–H groups in total. The van der Waals surface area contributed by atoms with Crippen LogP contribution in [0.25, 0.3) is 10.9 Å². The number of hydrogen-bond acceptors (Lipinski definition) is 2. The molecule has 3 rings (SSSR count). The molecule has 112 valence electrons. The number of rotatable bonds is 2. The van der Waals surface area contributed by atoms with Gasteiger partial charge in [-0.15, -0.1) is 0 Å². The first-order chi connectivity index (χ1) is 10.1. The minimum Gasteiger partial charge on any atom is -0.382 e. The molecule has 0 atom stereocenters. The zero-order chi connectivity index (χ0) is 14.8. The summed E-state index contributed by atoms with van der Waals surface area (Å²) in [6.07, 6.45) is 3.94. The van der Waals surface area contributed by atoms with Gasteiger partial charge in [-0.3, -0.25) is 0 Å². The molecule has 1 aliphatic heterocycles. The summed E-state index contributed by atoms with van der Waals surface area (Å²) in [4.78, 5) is 18.7. The van der Waals surface area contributed by atoms with Crippen LogP contribution in [0, 0.1) is 0 Å². The SMILES string of the molecule is CN(C)C(=O)N1CCC(Nc2ccc3[nH]ccc3c2)CC1. The van der Waals surface area contributed by atoms with Crippen LogP contribution >= 0.6 is 0 Å². The Bertz CT molecular complexity index is 626. The van der Waals surface area contributed by atoms with E-state index in [4.69, 9.17) is 0 Å². The van der Waals surface area contributed by atoms with E-state index in [-0.39, 0.29) is 6.03 Å². The smallest absolute Gasteiger partial charge is 0.319 e. The summed E-state index contributed by atoms with van der Waals surface area (Å²) in [7, 11) is 3.61. The Morgan fingerprint density at radius 2 is 2.05 bits per heavy atom. The number of fused-ring (bicyclic) bond motifs is 1. The van der Waals surface area contributed by atoms with Crippen molar-refractivity contribution in [3.05, 3.63) is 30.5 Å². The molecule has 21 heavy (non-hydrogen) atoms. The van der Waals surface area contributed by atoms with Gasteiger partial charge in [0.25, 0.3) is 0 Å². The van der Waals surface area contributed by atoms with Gasteiger partial charge in [0.05, 0.1) is 0 Å². The number of carbonyl (C=O) groups excluding carboxylic acids is 1. The maximum atomic E-state index is 11.9. The van der Waals surface area contributed by atoms with E-state index in [0.717, 1.165) is 37.1 Å². The van der Waals surface area contributed by atoms with E-state index in [1.54, 1.807) is 19.0 Å². The van der Waals surface area contributed by atoms with Gasteiger partial charge in [0.1, 0.15) is 0 Å². The van der Waals surface area contributed by atoms with E-state index in [9.17, 15) is 4.79 Å². The summed E-state index contributed by atoms with van der Waals surface area (Å²) in [6.45, 7) is 1.64. The maximum absolute atomic E-state index is 11.9. The monoisotopic (exact) mass is 286 g/mol. The third-order valence-electron chi connectivity index (χ3n) is 4.07. The molecule has 1 aliphatic rings. The number of hydrogen-bond donors (Lipinski definition) is 2. The van der Waals surface area contributed by atoms with Crippen molar-refractivity contribution in [3.8, 4) is 0 Å². The molecule has 2 aromatic rings. The Labute approximate surface area is 124 Å². The molecule has 1 aromatic heterocycles. The maximum Gasteiger partial charge on any atom is 0.319 e. The molecule has 0 radical (unpaired) electrons. The molecule has 0 unspecified atom stereocenters. The molecule has 1 saturated heterocycles. The third kappa shape index (κ3) is 2.96. The van der Waals surface area contributed by atoms with Crippen LogP contribution in [0.2, 0.25) is 0 Å². The Kier molecular flexibility index (Phi) is 3.73. The van der Waals surface area contributed by atoms with E-state index >= 15 is 0 Å². The molecule has 1 aromatic carbocycles. The number of aromatic amines is 1. The van der Waals surface area contributed by atoms with Crippen molar-refractivity contribution >= 4 is 22.6 Å². The van der Waals surface area contributed by atoms with Gasteiger partial charge in [0, 0.05) is 56.0 Å². The van der Waals surface area contributed by atoms with Crippen LogP contribution in [0.5, 0.6) is 0 Å². The van der Waals surface area contributed by atoms with Crippen LogP contribution in [0.3, 0.4) is 0 Å². The number of aromatic nitrogens is 1. The van der Waals surface area contributed by atoms with Gasteiger partial charge < -0.3 is 20.1 Å². The first-order valence-corrected chi connectivity index (χ1v) is 7.43. The molecule has 0 aliphatic carbocycles. The number of likely N-dealkylation sites (tertiary alicyclic amines) is 1. The average molecular weight is 286 g/mol. The first kappa shape index (κ1) is 13.8. The van der Waals surface area contributed by atoms with E-state index in [2.05, 4.69) is 34.6 Å². The van der Waals surface area contributed by atoms with Crippen molar-refractivity contribution < 1.29 is 4.79 Å². The van der Waals surface area contributed by atoms with Crippen LogP contribution in [0.1, 0.15) is 12.8 Å². The summed E-state index contributed by atoms with van der Waals surface area (Å²) in [6, 6.07) is 9.01. The zero-order valence-electron chi connectivity index (χ0n) is 12.6. The van der Waals surface area contributed by atoms with Crippen molar-refractivity contribution in [1.29, 1.82) is 0 Å². The minimum absolute atomic E-state index is 0.113. The van der Waals surface area contributed by atoms with Crippen LogP contribution in [-0.2, 0) is 0 Å². The highest BCUT2D eigenvalue weighted by Crippen LogP contribution is 2.21. The van der Waals surface area contributed by atoms with Crippen molar-refractivity contribution in [1.82, 2.24) is 14.8 Å². The molecule has 5 heteroatoms. The van der Waals surface area contributed by atoms with Gasteiger partial charge in [-0.05, 0) is 37.1 Å². The number of H-pyrrole nitrogens is 1. The number of nitrogens with zero attached hydrogens (tertiary/aromatic N) is 2. The number of carbonyl (C=O) groups is 1. The second-order valence-corrected chi connectivity index (χ2v) is 5.86. The number of amides is 2. The second-order valence-electron chi connectivity index (χ2n) is 5.86. The van der Waals surface area contributed by atoms with Crippen molar-refractivity contribution in [2.45, 2.75) is 18.9 Å². The van der Waals surface area contributed by atoms with Gasteiger partial charge in [-0.2, -0.15) is 0 Å². The van der Waals surface area contributed by atoms with Gasteiger partial charge in [0.15, 0.2) is 0 Å². The van der Waals surface area contributed by atoms with Crippen LogP contribution in [0.15, 0.2) is 30.5 Å². The van der Waals surface area contributed by atoms with Gasteiger partial charge >= 0.3 is 6.03 Å². The van der Waals surface area contributed by atoms with Crippen LogP contribution in [-0.4, -0.2) is 54.0 Å². The molecule has 0 bridgehead atoms. The number of anilines is 1. The number of benzene rings is 1. The Morgan fingerprint density at radius 3 is 2.76 bits per heavy atom. The summed E-state index contributed by atoms with van der Waals surface area (Å²) in [5.41, 5.74) is 2.31. The summed E-state index contributed by atoms with van der Waals surface area (Å²) in [5, 5.41) is 4.81. The van der Waals surface area contributed by atoms with Gasteiger partial charge in [-0.25, -0.2) is 4.79 Å². The fraction of sp³-hybridized carbons (Fsp3) is 0.438. The number of piperidine rings is 1. The highest BCUT2D eigenvalue weighted by atomic mass is 16.2. The molecule has 1 fully saturated rings.